The molecule has 0 aromatic heterocycles. The summed E-state index contributed by atoms with van der Waals surface area (Å²) in [5.41, 5.74) is 0. The van der Waals surface area contributed by atoms with E-state index in [0.717, 1.165) is 12.5 Å². The molecule has 0 spiro atoms. The number of hydrogen-bond acceptors (Lipinski definition) is 1. The molecule has 0 rings (SSSR count). The summed E-state index contributed by atoms with van der Waals surface area (Å²) in [5, 5.41) is 8.41. The summed E-state index contributed by atoms with van der Waals surface area (Å²) < 4.78 is 0. The number of carboxylic acid groups (broad SMARTS) is 1. The molecule has 0 aliphatic heterocycles. The molecule has 0 aromatic rings. The molecule has 0 aliphatic carbocycles. The Morgan fingerprint density at radius 2 is 1.17 bits per heavy atom. The van der Waals surface area contributed by atoms with Gasteiger partial charge in [-0.25, -0.2) is 4.79 Å². The average Bonchev–Trinajstić information content (AvgIpc) is 2.53. The summed E-state index contributed by atoms with van der Waals surface area (Å²) in [6.07, 6.45) is 28.2. The van der Waals surface area contributed by atoms with E-state index in [2.05, 4.69) is 13.0 Å². The second-order valence-corrected chi connectivity index (χ2v) is 6.19. The molecule has 1 N–H and O–H groups in total. The first-order valence-electron chi connectivity index (χ1n) is 9.50. The Hall–Kier alpha value is -1.31. The van der Waals surface area contributed by atoms with Gasteiger partial charge >= 0.3 is 5.97 Å². The van der Waals surface area contributed by atoms with Gasteiger partial charge in [-0.05, 0) is 12.8 Å². The third kappa shape index (κ3) is 20.7. The molecule has 0 fully saturated rings. The van der Waals surface area contributed by atoms with Gasteiger partial charge in [0.25, 0.3) is 0 Å². The number of carboxylic acids is 1. The minimum atomic E-state index is -0.907. The van der Waals surface area contributed by atoms with Crippen molar-refractivity contribution in [2.45, 2.75) is 90.4 Å². The summed E-state index contributed by atoms with van der Waals surface area (Å²) in [6.45, 7) is 2.27. The van der Waals surface area contributed by atoms with Crippen LogP contribution in [0.2, 0.25) is 0 Å². The Kier molecular flexibility index (Phi) is 17.7. The van der Waals surface area contributed by atoms with Crippen LogP contribution in [-0.4, -0.2) is 11.1 Å². The highest BCUT2D eigenvalue weighted by molar-refractivity contribution is 5.80. The predicted molar refractivity (Wildman–Crippen MR) is 101 cm³/mol. The van der Waals surface area contributed by atoms with Gasteiger partial charge in [-0.15, -0.1) is 0 Å². The van der Waals surface area contributed by atoms with Crippen LogP contribution in [0.25, 0.3) is 0 Å². The number of allylic oxidation sites excluding steroid dienone is 5. The van der Waals surface area contributed by atoms with E-state index in [0.29, 0.717) is 0 Å². The van der Waals surface area contributed by atoms with E-state index >= 15 is 0 Å². The lowest BCUT2D eigenvalue weighted by molar-refractivity contribution is -0.131. The Bertz CT molecular complexity index is 340. The van der Waals surface area contributed by atoms with Crippen LogP contribution >= 0.6 is 0 Å². The van der Waals surface area contributed by atoms with Crippen molar-refractivity contribution in [2.75, 3.05) is 0 Å². The zero-order valence-corrected chi connectivity index (χ0v) is 15.0. The van der Waals surface area contributed by atoms with Gasteiger partial charge in [-0.3, -0.25) is 0 Å². The van der Waals surface area contributed by atoms with Gasteiger partial charge in [0.15, 0.2) is 0 Å². The van der Waals surface area contributed by atoms with Gasteiger partial charge in [0.2, 0.25) is 0 Å². The number of rotatable bonds is 16. The molecular formula is C21H36O2. The van der Waals surface area contributed by atoms with Crippen LogP contribution in [0.4, 0.5) is 0 Å². The molecule has 132 valence electrons. The van der Waals surface area contributed by atoms with Gasteiger partial charge in [-0.1, -0.05) is 108 Å². The third-order valence-electron chi connectivity index (χ3n) is 3.93. The van der Waals surface area contributed by atoms with E-state index in [1.165, 1.54) is 83.1 Å². The van der Waals surface area contributed by atoms with Gasteiger partial charge in [0.05, 0.1) is 0 Å². The van der Waals surface area contributed by atoms with Crippen LogP contribution < -0.4 is 0 Å². The second-order valence-electron chi connectivity index (χ2n) is 6.19. The highest BCUT2D eigenvalue weighted by atomic mass is 16.4. The topological polar surface area (TPSA) is 37.3 Å². The summed E-state index contributed by atoms with van der Waals surface area (Å²) in [4.78, 5) is 10.2. The third-order valence-corrected chi connectivity index (χ3v) is 3.93. The van der Waals surface area contributed by atoms with Crippen molar-refractivity contribution < 1.29 is 9.90 Å². The van der Waals surface area contributed by atoms with Gasteiger partial charge in [-0.2, -0.15) is 0 Å². The fourth-order valence-corrected chi connectivity index (χ4v) is 2.54. The van der Waals surface area contributed by atoms with E-state index in [-0.39, 0.29) is 0 Å². The molecule has 0 aliphatic rings. The Morgan fingerprint density at radius 3 is 1.70 bits per heavy atom. The molecule has 23 heavy (non-hydrogen) atoms. The van der Waals surface area contributed by atoms with E-state index in [1.807, 2.05) is 12.2 Å². The van der Waals surface area contributed by atoms with E-state index in [9.17, 15) is 4.79 Å². The highest BCUT2D eigenvalue weighted by Gasteiger charge is 1.92. The maximum absolute atomic E-state index is 10.2. The lowest BCUT2D eigenvalue weighted by Gasteiger charge is -2.02. The van der Waals surface area contributed by atoms with Crippen LogP contribution in [0, 0.1) is 0 Å². The van der Waals surface area contributed by atoms with E-state index in [4.69, 9.17) is 5.11 Å². The van der Waals surface area contributed by atoms with Crippen molar-refractivity contribution in [3.05, 3.63) is 36.5 Å². The maximum atomic E-state index is 10.2. The van der Waals surface area contributed by atoms with Crippen LogP contribution in [0.1, 0.15) is 90.4 Å². The molecule has 0 unspecified atom stereocenters. The monoisotopic (exact) mass is 320 g/mol. The number of hydrogen-bond donors (Lipinski definition) is 1. The fraction of sp³-hybridized carbons (Fsp3) is 0.667. The van der Waals surface area contributed by atoms with E-state index < -0.39 is 5.97 Å². The number of unbranched alkanes of at least 4 members (excludes halogenated alkanes) is 12. The molecule has 0 saturated heterocycles. The zero-order chi connectivity index (χ0) is 17.0. The maximum Gasteiger partial charge on any atom is 0.328 e. The summed E-state index contributed by atoms with van der Waals surface area (Å²) in [7, 11) is 0. The first-order valence-corrected chi connectivity index (χ1v) is 9.50. The summed E-state index contributed by atoms with van der Waals surface area (Å²) >= 11 is 0. The number of aliphatic carboxylic acids is 1. The predicted octanol–water partition coefficient (Wildman–Crippen LogP) is 6.83. The Labute approximate surface area is 143 Å². The molecule has 0 amide bonds. The fourth-order valence-electron chi connectivity index (χ4n) is 2.54. The van der Waals surface area contributed by atoms with Crippen molar-refractivity contribution >= 4 is 5.97 Å². The second kappa shape index (κ2) is 18.7. The van der Waals surface area contributed by atoms with Crippen molar-refractivity contribution in [1.82, 2.24) is 0 Å². The molecule has 0 aromatic carbocycles. The molecule has 0 saturated carbocycles. The van der Waals surface area contributed by atoms with Crippen molar-refractivity contribution in [3.63, 3.8) is 0 Å². The quantitative estimate of drug-likeness (QED) is 0.192. The Balaban J connectivity index is 3.20. The lowest BCUT2D eigenvalue weighted by atomic mass is 10.0. The first kappa shape index (κ1) is 21.7. The highest BCUT2D eigenvalue weighted by Crippen LogP contribution is 2.12. The standard InChI is InChI=1S/C21H36O2/c1-2-3-4-5-6-7-8-9-10-11-12-13-14-15-16-17-18-19-20-21(22)23/h15-20H,2-14H2,1H3,(H,22,23). The minimum absolute atomic E-state index is 0.907. The molecule has 0 heterocycles. The summed E-state index contributed by atoms with van der Waals surface area (Å²) in [5.74, 6) is -0.907. The number of carbonyl (C=O) groups is 1. The van der Waals surface area contributed by atoms with Crippen LogP contribution in [-0.2, 0) is 4.79 Å². The lowest BCUT2D eigenvalue weighted by Crippen LogP contribution is -1.84. The molecule has 0 radical (unpaired) electrons. The molecule has 2 nitrogen and oxygen atoms in total. The normalized spacial score (nSPS) is 12.0. The van der Waals surface area contributed by atoms with Crippen LogP contribution in [0.3, 0.4) is 0 Å². The van der Waals surface area contributed by atoms with E-state index in [1.54, 1.807) is 6.08 Å². The Morgan fingerprint density at radius 1 is 0.696 bits per heavy atom. The van der Waals surface area contributed by atoms with Crippen molar-refractivity contribution in [1.29, 1.82) is 0 Å². The minimum Gasteiger partial charge on any atom is -0.478 e. The SMILES string of the molecule is CCCCCCCCCCCCCCC=CC=CC=CC(=O)O. The average molecular weight is 321 g/mol. The first-order chi connectivity index (χ1) is 11.3. The van der Waals surface area contributed by atoms with Crippen molar-refractivity contribution in [2.24, 2.45) is 0 Å². The smallest absolute Gasteiger partial charge is 0.328 e. The largest absolute Gasteiger partial charge is 0.478 e. The molecule has 0 bridgehead atoms. The summed E-state index contributed by atoms with van der Waals surface area (Å²) in [6, 6.07) is 0. The van der Waals surface area contributed by atoms with Crippen molar-refractivity contribution in [3.8, 4) is 0 Å². The molecule has 0 atom stereocenters. The zero-order valence-electron chi connectivity index (χ0n) is 15.0. The van der Waals surface area contributed by atoms with Gasteiger partial charge in [0.1, 0.15) is 0 Å². The van der Waals surface area contributed by atoms with Crippen LogP contribution in [0.15, 0.2) is 36.5 Å². The van der Waals surface area contributed by atoms with Gasteiger partial charge in [0, 0.05) is 6.08 Å². The molecule has 2 heteroatoms. The van der Waals surface area contributed by atoms with Crippen LogP contribution in [0.5, 0.6) is 0 Å². The van der Waals surface area contributed by atoms with Gasteiger partial charge < -0.3 is 5.11 Å². The molecular weight excluding hydrogens is 284 g/mol.